The van der Waals surface area contributed by atoms with Gasteiger partial charge in [-0.05, 0) is 48.2 Å². The van der Waals surface area contributed by atoms with Gasteiger partial charge in [0.1, 0.15) is 12.3 Å². The number of morpholine rings is 1. The lowest BCUT2D eigenvalue weighted by Crippen LogP contribution is -2.38. The molecule has 0 aromatic heterocycles. The number of para-hydroxylation sites is 2. The number of nitrogens with one attached hydrogen (secondary N) is 1. The number of benzene rings is 2. The van der Waals surface area contributed by atoms with Gasteiger partial charge in [-0.1, -0.05) is 28.1 Å². The minimum atomic E-state index is -0.592. The molecule has 12 heteroatoms. The minimum absolute atomic E-state index is 0.132. The molecule has 4 rings (SSSR count). The molecule has 0 saturated carbocycles. The van der Waals surface area contributed by atoms with Crippen LogP contribution in [0.25, 0.3) is 6.08 Å². The second-order valence-corrected chi connectivity index (χ2v) is 9.89. The number of carbonyl (C=O) groups excluding carboxylic acids is 4. The molecule has 37 heavy (non-hydrogen) atoms. The van der Waals surface area contributed by atoms with Crippen molar-refractivity contribution >= 4 is 68.2 Å². The number of esters is 1. The first kappa shape index (κ1) is 26.7. The highest BCUT2D eigenvalue weighted by atomic mass is 79.9. The third kappa shape index (κ3) is 6.70. The van der Waals surface area contributed by atoms with Crippen LogP contribution in [0.15, 0.2) is 51.8 Å². The smallest absolute Gasteiger partial charge is 0.343 e. The summed E-state index contributed by atoms with van der Waals surface area (Å²) in [6.07, 6.45) is 1.49. The van der Waals surface area contributed by atoms with Crippen LogP contribution in [-0.4, -0.2) is 74.5 Å². The molecule has 2 aromatic carbocycles. The highest BCUT2D eigenvalue weighted by Gasteiger charge is 2.36. The molecule has 0 bridgehead atoms. The zero-order valence-corrected chi connectivity index (χ0v) is 22.3. The number of hydrogen-bond acceptors (Lipinski definition) is 9. The van der Waals surface area contributed by atoms with Gasteiger partial charge in [-0.2, -0.15) is 0 Å². The number of halogens is 1. The number of hydrogen-bond donors (Lipinski definition) is 1. The SMILES string of the molecule is COC(=O)COc1ccc(Br)cc1/C=C1/SC(=O)N(CC(=O)Nc2ccccc2N2CCOCC2)C1=O. The number of methoxy groups -OCH3 is 1. The fourth-order valence-corrected chi connectivity index (χ4v) is 4.94. The van der Waals surface area contributed by atoms with Gasteiger partial charge >= 0.3 is 5.97 Å². The van der Waals surface area contributed by atoms with E-state index in [0.29, 0.717) is 47.8 Å². The Morgan fingerprint density at radius 2 is 1.92 bits per heavy atom. The highest BCUT2D eigenvalue weighted by Crippen LogP contribution is 2.35. The van der Waals surface area contributed by atoms with E-state index in [1.165, 1.54) is 13.2 Å². The van der Waals surface area contributed by atoms with Gasteiger partial charge in [0, 0.05) is 23.1 Å². The molecule has 2 aliphatic rings. The number of nitrogens with zero attached hydrogens (tertiary/aromatic N) is 2. The minimum Gasteiger partial charge on any atom is -0.481 e. The Bertz CT molecular complexity index is 1250. The van der Waals surface area contributed by atoms with Crippen molar-refractivity contribution in [3.05, 3.63) is 57.4 Å². The monoisotopic (exact) mass is 589 g/mol. The van der Waals surface area contributed by atoms with Crippen LogP contribution in [0, 0.1) is 0 Å². The molecule has 0 aliphatic carbocycles. The van der Waals surface area contributed by atoms with Gasteiger partial charge in [0.15, 0.2) is 6.61 Å². The predicted molar refractivity (Wildman–Crippen MR) is 142 cm³/mol. The van der Waals surface area contributed by atoms with Crippen molar-refractivity contribution in [3.8, 4) is 5.75 Å². The Balaban J connectivity index is 1.46. The zero-order chi connectivity index (χ0) is 26.4. The summed E-state index contributed by atoms with van der Waals surface area (Å²) in [5.74, 6) is -1.31. The molecule has 2 aliphatic heterocycles. The second kappa shape index (κ2) is 12.3. The average molecular weight is 590 g/mol. The van der Waals surface area contributed by atoms with Crippen LogP contribution in [0.2, 0.25) is 0 Å². The molecule has 10 nitrogen and oxygen atoms in total. The van der Waals surface area contributed by atoms with E-state index in [9.17, 15) is 19.2 Å². The number of imide groups is 1. The van der Waals surface area contributed by atoms with Gasteiger partial charge in [0.25, 0.3) is 11.1 Å². The number of carbonyl (C=O) groups is 4. The third-order valence-corrected chi connectivity index (χ3v) is 6.94. The Hall–Kier alpha value is -3.35. The van der Waals surface area contributed by atoms with Gasteiger partial charge in [-0.3, -0.25) is 19.3 Å². The molecule has 2 aromatic rings. The molecule has 194 valence electrons. The standard InChI is InChI=1S/C25H24BrN3O7S/c1-34-23(31)15-36-20-7-6-17(26)12-16(20)13-21-24(32)29(25(33)37-21)14-22(30)27-18-4-2-3-5-19(18)28-8-10-35-11-9-28/h2-7,12-13H,8-11,14-15H2,1H3,(H,27,30)/b21-13+. The fourth-order valence-electron chi connectivity index (χ4n) is 3.73. The molecular weight excluding hydrogens is 566 g/mol. The zero-order valence-electron chi connectivity index (χ0n) is 19.9. The average Bonchev–Trinajstić information content (AvgIpc) is 3.16. The van der Waals surface area contributed by atoms with E-state index in [0.717, 1.165) is 22.3 Å². The van der Waals surface area contributed by atoms with Crippen molar-refractivity contribution in [2.24, 2.45) is 0 Å². The van der Waals surface area contributed by atoms with Crippen molar-refractivity contribution < 1.29 is 33.4 Å². The normalized spacial score (nSPS) is 16.8. The largest absolute Gasteiger partial charge is 0.481 e. The summed E-state index contributed by atoms with van der Waals surface area (Å²) < 4.78 is 16.2. The Labute approximate surface area is 226 Å². The van der Waals surface area contributed by atoms with E-state index in [2.05, 4.69) is 30.9 Å². The van der Waals surface area contributed by atoms with E-state index >= 15 is 0 Å². The lowest BCUT2D eigenvalue weighted by molar-refractivity contribution is -0.142. The maximum Gasteiger partial charge on any atom is 0.343 e. The van der Waals surface area contributed by atoms with Crippen molar-refractivity contribution in [2.45, 2.75) is 0 Å². The van der Waals surface area contributed by atoms with E-state index in [-0.39, 0.29) is 11.5 Å². The van der Waals surface area contributed by atoms with E-state index < -0.39 is 29.6 Å². The van der Waals surface area contributed by atoms with Crippen LogP contribution in [0.1, 0.15) is 5.56 Å². The molecule has 0 radical (unpaired) electrons. The van der Waals surface area contributed by atoms with Crippen LogP contribution in [0.5, 0.6) is 5.75 Å². The fraction of sp³-hybridized carbons (Fsp3) is 0.280. The number of thioether (sulfide) groups is 1. The number of rotatable bonds is 8. The first-order valence-corrected chi connectivity index (χ1v) is 12.9. The topological polar surface area (TPSA) is 114 Å². The van der Waals surface area contributed by atoms with Crippen LogP contribution in [-0.2, 0) is 23.9 Å². The number of anilines is 2. The molecule has 1 N–H and O–H groups in total. The molecule has 0 atom stereocenters. The molecular formula is C25H24BrN3O7S. The van der Waals surface area contributed by atoms with Crippen molar-refractivity contribution in [3.63, 3.8) is 0 Å². The Morgan fingerprint density at radius 1 is 1.16 bits per heavy atom. The van der Waals surface area contributed by atoms with Gasteiger partial charge in [-0.15, -0.1) is 0 Å². The summed E-state index contributed by atoms with van der Waals surface area (Å²) in [6, 6.07) is 12.4. The molecule has 2 saturated heterocycles. The first-order chi connectivity index (χ1) is 17.9. The molecule has 2 heterocycles. The van der Waals surface area contributed by atoms with E-state index in [1.54, 1.807) is 30.3 Å². The summed E-state index contributed by atoms with van der Waals surface area (Å²) in [7, 11) is 1.25. The van der Waals surface area contributed by atoms with Crippen LogP contribution >= 0.6 is 27.7 Å². The van der Waals surface area contributed by atoms with E-state index in [1.807, 2.05) is 12.1 Å². The van der Waals surface area contributed by atoms with Gasteiger partial charge in [-0.25, -0.2) is 4.79 Å². The molecule has 2 fully saturated rings. The van der Waals surface area contributed by atoms with E-state index in [4.69, 9.17) is 9.47 Å². The summed E-state index contributed by atoms with van der Waals surface area (Å²) in [5, 5.41) is 2.27. The lowest BCUT2D eigenvalue weighted by Gasteiger charge is -2.30. The molecule has 3 amide bonds. The predicted octanol–water partition coefficient (Wildman–Crippen LogP) is 3.51. The molecule has 0 spiro atoms. The highest BCUT2D eigenvalue weighted by molar-refractivity contribution is 9.10. The number of ether oxygens (including phenoxy) is 3. The first-order valence-electron chi connectivity index (χ1n) is 11.3. The van der Waals surface area contributed by atoms with Gasteiger partial charge in [0.05, 0.1) is 36.6 Å². The quantitative estimate of drug-likeness (QED) is 0.365. The Kier molecular flexibility index (Phi) is 8.85. The van der Waals surface area contributed by atoms with Gasteiger partial charge in [0.2, 0.25) is 5.91 Å². The summed E-state index contributed by atoms with van der Waals surface area (Å²) in [4.78, 5) is 53.1. The summed E-state index contributed by atoms with van der Waals surface area (Å²) in [6.45, 7) is 1.84. The maximum atomic E-state index is 13.0. The molecule has 0 unspecified atom stereocenters. The second-order valence-electron chi connectivity index (χ2n) is 7.98. The van der Waals surface area contributed by atoms with Crippen LogP contribution < -0.4 is 15.0 Å². The summed E-state index contributed by atoms with van der Waals surface area (Å²) in [5.41, 5.74) is 1.92. The number of amides is 3. The third-order valence-electron chi connectivity index (χ3n) is 5.54. The summed E-state index contributed by atoms with van der Waals surface area (Å²) >= 11 is 4.10. The Morgan fingerprint density at radius 3 is 2.68 bits per heavy atom. The van der Waals surface area contributed by atoms with Gasteiger partial charge < -0.3 is 24.4 Å². The van der Waals surface area contributed by atoms with Crippen molar-refractivity contribution in [2.75, 3.05) is 56.8 Å². The maximum absolute atomic E-state index is 13.0. The lowest BCUT2D eigenvalue weighted by atomic mass is 10.2. The van der Waals surface area contributed by atoms with Crippen molar-refractivity contribution in [1.82, 2.24) is 4.90 Å². The van der Waals surface area contributed by atoms with Crippen LogP contribution in [0.3, 0.4) is 0 Å². The van der Waals surface area contributed by atoms with Crippen molar-refractivity contribution in [1.29, 1.82) is 0 Å². The van der Waals surface area contributed by atoms with Crippen LogP contribution in [0.4, 0.5) is 16.2 Å².